The summed E-state index contributed by atoms with van der Waals surface area (Å²) >= 11 is 0. The summed E-state index contributed by atoms with van der Waals surface area (Å²) in [6.07, 6.45) is 0. The maximum absolute atomic E-state index is 10.2. The molecule has 58 valence electrons. The number of hydrogen-bond acceptors (Lipinski definition) is 3. The zero-order valence-electron chi connectivity index (χ0n) is 6.59. The van der Waals surface area contributed by atoms with Gasteiger partial charge in [-0.3, -0.25) is 0 Å². The molecule has 0 saturated heterocycles. The van der Waals surface area contributed by atoms with Gasteiger partial charge in [-0.25, -0.2) is 0 Å². The normalized spacial score (nSPS) is 9.27. The highest BCUT2D eigenvalue weighted by atomic mass is 16.3. The second-order valence-electron chi connectivity index (χ2n) is 2.34. The van der Waals surface area contributed by atoms with Crippen LogP contribution in [0.2, 0.25) is 0 Å². The first kappa shape index (κ1) is 7.72. The summed E-state index contributed by atoms with van der Waals surface area (Å²) in [5.74, 6) is 0. The van der Waals surface area contributed by atoms with Gasteiger partial charge in [0.1, 0.15) is 5.69 Å². The van der Waals surface area contributed by atoms with E-state index in [0.717, 1.165) is 11.3 Å². The molecule has 1 aromatic rings. The number of nitrogens with zero attached hydrogens (tertiary/aromatic N) is 1. The molecule has 0 fully saturated rings. The van der Waals surface area contributed by atoms with E-state index in [2.05, 4.69) is 10.5 Å². The molecule has 0 heterocycles. The second-order valence-corrected chi connectivity index (χ2v) is 2.34. The molecule has 1 rings (SSSR count). The van der Waals surface area contributed by atoms with E-state index in [0.29, 0.717) is 5.69 Å². The Balaban J connectivity index is 3.09. The maximum atomic E-state index is 10.2. The molecule has 1 N–H and O–H groups in total. The largest absolute Gasteiger partial charge is 0.388 e. The minimum Gasteiger partial charge on any atom is -0.388 e. The molecule has 3 nitrogen and oxygen atoms in total. The number of benzene rings is 1. The summed E-state index contributed by atoms with van der Waals surface area (Å²) < 4.78 is 0. The van der Waals surface area contributed by atoms with Crippen molar-refractivity contribution in [1.29, 1.82) is 0 Å². The Morgan fingerprint density at radius 1 is 1.45 bits per heavy atom. The molecular weight excluding hydrogens is 140 g/mol. The van der Waals surface area contributed by atoms with Crippen LogP contribution in [0, 0.1) is 11.8 Å². The Labute approximate surface area is 65.4 Å². The SMILES string of the molecule is CNc1ccc(N=O)c(C)c1. The molecule has 0 aliphatic rings. The fourth-order valence-electron chi connectivity index (χ4n) is 0.913. The summed E-state index contributed by atoms with van der Waals surface area (Å²) in [5.41, 5.74) is 2.39. The van der Waals surface area contributed by atoms with Gasteiger partial charge < -0.3 is 5.32 Å². The number of hydrogen-bond donors (Lipinski definition) is 1. The molecule has 11 heavy (non-hydrogen) atoms. The average molecular weight is 150 g/mol. The fourth-order valence-corrected chi connectivity index (χ4v) is 0.913. The molecule has 0 atom stereocenters. The van der Waals surface area contributed by atoms with Crippen LogP contribution in [-0.4, -0.2) is 7.05 Å². The second kappa shape index (κ2) is 3.14. The lowest BCUT2D eigenvalue weighted by atomic mass is 10.2. The predicted octanol–water partition coefficient (Wildman–Crippen LogP) is 2.43. The smallest absolute Gasteiger partial charge is 0.111 e. The Morgan fingerprint density at radius 2 is 2.18 bits per heavy atom. The van der Waals surface area contributed by atoms with Crippen molar-refractivity contribution in [2.45, 2.75) is 6.92 Å². The van der Waals surface area contributed by atoms with Gasteiger partial charge in [-0.1, -0.05) is 0 Å². The quantitative estimate of drug-likeness (QED) is 0.658. The highest BCUT2D eigenvalue weighted by Crippen LogP contribution is 2.21. The minimum absolute atomic E-state index is 0.504. The Hall–Kier alpha value is -1.38. The highest BCUT2D eigenvalue weighted by Gasteiger charge is 1.97. The van der Waals surface area contributed by atoms with Crippen LogP contribution in [0.25, 0.3) is 0 Å². The number of anilines is 1. The van der Waals surface area contributed by atoms with Crippen LogP contribution in [0.4, 0.5) is 11.4 Å². The van der Waals surface area contributed by atoms with Crippen molar-refractivity contribution >= 4 is 11.4 Å². The van der Waals surface area contributed by atoms with E-state index >= 15 is 0 Å². The predicted molar refractivity (Wildman–Crippen MR) is 46.2 cm³/mol. The molecule has 0 amide bonds. The molecule has 0 aliphatic carbocycles. The van der Waals surface area contributed by atoms with Crippen LogP contribution in [0.3, 0.4) is 0 Å². The lowest BCUT2D eigenvalue weighted by Gasteiger charge is -2.01. The highest BCUT2D eigenvalue weighted by molar-refractivity contribution is 5.55. The first-order chi connectivity index (χ1) is 5.27. The first-order valence-corrected chi connectivity index (χ1v) is 3.39. The van der Waals surface area contributed by atoms with Gasteiger partial charge in [-0.2, -0.15) is 0 Å². The molecule has 0 radical (unpaired) electrons. The van der Waals surface area contributed by atoms with Crippen molar-refractivity contribution in [2.75, 3.05) is 12.4 Å². The van der Waals surface area contributed by atoms with Crippen molar-refractivity contribution in [2.24, 2.45) is 5.18 Å². The monoisotopic (exact) mass is 150 g/mol. The van der Waals surface area contributed by atoms with Crippen molar-refractivity contribution in [3.8, 4) is 0 Å². The van der Waals surface area contributed by atoms with Crippen molar-refractivity contribution in [1.82, 2.24) is 0 Å². The van der Waals surface area contributed by atoms with Crippen LogP contribution in [0.15, 0.2) is 23.4 Å². The Kier molecular flexibility index (Phi) is 2.21. The van der Waals surface area contributed by atoms with E-state index in [4.69, 9.17) is 0 Å². The van der Waals surface area contributed by atoms with Gasteiger partial charge in [-0.15, -0.1) is 4.91 Å². The third-order valence-electron chi connectivity index (χ3n) is 1.58. The van der Waals surface area contributed by atoms with Gasteiger partial charge in [0.2, 0.25) is 0 Å². The van der Waals surface area contributed by atoms with E-state index in [9.17, 15) is 4.91 Å². The summed E-state index contributed by atoms with van der Waals surface area (Å²) in [4.78, 5) is 10.2. The van der Waals surface area contributed by atoms with Gasteiger partial charge in [0.25, 0.3) is 0 Å². The van der Waals surface area contributed by atoms with Crippen molar-refractivity contribution in [3.05, 3.63) is 28.7 Å². The number of nitrogens with one attached hydrogen (secondary N) is 1. The van der Waals surface area contributed by atoms with Crippen LogP contribution in [0.5, 0.6) is 0 Å². The van der Waals surface area contributed by atoms with Crippen LogP contribution in [-0.2, 0) is 0 Å². The third-order valence-corrected chi connectivity index (χ3v) is 1.58. The topological polar surface area (TPSA) is 41.5 Å². The zero-order chi connectivity index (χ0) is 8.27. The fraction of sp³-hybridized carbons (Fsp3) is 0.250. The average Bonchev–Trinajstić information content (AvgIpc) is 2.04. The molecule has 0 saturated carbocycles. The van der Waals surface area contributed by atoms with E-state index in [1.807, 2.05) is 26.1 Å². The zero-order valence-corrected chi connectivity index (χ0v) is 6.59. The molecule has 0 spiro atoms. The van der Waals surface area contributed by atoms with Gasteiger partial charge in [0.05, 0.1) is 0 Å². The third kappa shape index (κ3) is 1.55. The number of rotatable bonds is 2. The first-order valence-electron chi connectivity index (χ1n) is 3.39. The number of aryl methyl sites for hydroxylation is 1. The van der Waals surface area contributed by atoms with Gasteiger partial charge in [0, 0.05) is 12.7 Å². The maximum Gasteiger partial charge on any atom is 0.111 e. The van der Waals surface area contributed by atoms with Crippen LogP contribution in [0.1, 0.15) is 5.56 Å². The Bertz CT molecular complexity index is 271. The summed E-state index contributed by atoms with van der Waals surface area (Å²) in [6, 6.07) is 5.41. The molecule has 3 heteroatoms. The number of nitroso groups, excluding NO2 is 1. The van der Waals surface area contributed by atoms with E-state index in [1.54, 1.807) is 6.07 Å². The van der Waals surface area contributed by atoms with Crippen molar-refractivity contribution < 1.29 is 0 Å². The van der Waals surface area contributed by atoms with E-state index in [1.165, 1.54) is 0 Å². The van der Waals surface area contributed by atoms with Crippen LogP contribution < -0.4 is 5.32 Å². The van der Waals surface area contributed by atoms with Gasteiger partial charge in [0.15, 0.2) is 0 Å². The van der Waals surface area contributed by atoms with Gasteiger partial charge >= 0.3 is 0 Å². The summed E-state index contributed by atoms with van der Waals surface area (Å²) in [6.45, 7) is 1.86. The van der Waals surface area contributed by atoms with Crippen LogP contribution >= 0.6 is 0 Å². The molecule has 0 aliphatic heterocycles. The van der Waals surface area contributed by atoms with Crippen molar-refractivity contribution in [3.63, 3.8) is 0 Å². The minimum atomic E-state index is 0.504. The summed E-state index contributed by atoms with van der Waals surface area (Å²) in [5, 5.41) is 5.84. The molecule has 1 aromatic carbocycles. The standard InChI is InChI=1S/C8H10N2O/c1-6-5-7(9-2)3-4-8(6)10-11/h3-5,9H,1-2H3. The molecule has 0 aromatic heterocycles. The molecular formula is C8H10N2O. The lowest BCUT2D eigenvalue weighted by Crippen LogP contribution is -1.87. The van der Waals surface area contributed by atoms with E-state index < -0.39 is 0 Å². The van der Waals surface area contributed by atoms with E-state index in [-0.39, 0.29) is 0 Å². The Morgan fingerprint density at radius 3 is 2.64 bits per heavy atom. The van der Waals surface area contributed by atoms with Gasteiger partial charge in [-0.05, 0) is 35.9 Å². The molecule has 0 unspecified atom stereocenters. The molecule has 0 bridgehead atoms. The summed E-state index contributed by atoms with van der Waals surface area (Å²) in [7, 11) is 1.84. The lowest BCUT2D eigenvalue weighted by molar-refractivity contribution is 1.37.